The average Bonchev–Trinajstić information content (AvgIpc) is 3.07. The van der Waals surface area contributed by atoms with Crippen LogP contribution in [0.1, 0.15) is 34.5 Å². The standard InChI is InChI=1S/C23H25NO4/c1-16-22(23(25)24-14-17-9-11-26-12-10-17)20-13-19(7-8-21(20)28-16)27-15-18-5-3-2-4-6-18/h2-8,13,17H,9-12,14-15H2,1H3,(H,24,25). The van der Waals surface area contributed by atoms with Crippen molar-refractivity contribution in [3.8, 4) is 5.75 Å². The predicted octanol–water partition coefficient (Wildman–Crippen LogP) is 4.48. The number of ether oxygens (including phenoxy) is 2. The summed E-state index contributed by atoms with van der Waals surface area (Å²) in [6.45, 7) is 4.52. The summed E-state index contributed by atoms with van der Waals surface area (Å²) < 4.78 is 17.1. The highest BCUT2D eigenvalue weighted by Crippen LogP contribution is 2.29. The van der Waals surface area contributed by atoms with Crippen LogP contribution in [0.4, 0.5) is 0 Å². The Kier molecular flexibility index (Phi) is 5.63. The normalized spacial score (nSPS) is 14.9. The van der Waals surface area contributed by atoms with Crippen molar-refractivity contribution in [2.45, 2.75) is 26.4 Å². The Morgan fingerprint density at radius 3 is 2.71 bits per heavy atom. The van der Waals surface area contributed by atoms with Gasteiger partial charge in [0.15, 0.2) is 0 Å². The number of rotatable bonds is 6. The van der Waals surface area contributed by atoms with E-state index in [0.29, 0.717) is 36.0 Å². The lowest BCUT2D eigenvalue weighted by Crippen LogP contribution is -2.32. The molecule has 0 bridgehead atoms. The predicted molar refractivity (Wildman–Crippen MR) is 108 cm³/mol. The van der Waals surface area contributed by atoms with Gasteiger partial charge in [-0.1, -0.05) is 30.3 Å². The molecule has 1 aliphatic rings. The first kappa shape index (κ1) is 18.6. The Morgan fingerprint density at radius 2 is 1.93 bits per heavy atom. The van der Waals surface area contributed by atoms with Crippen molar-refractivity contribution in [3.63, 3.8) is 0 Å². The van der Waals surface area contributed by atoms with Crippen LogP contribution in [0.2, 0.25) is 0 Å². The molecule has 146 valence electrons. The van der Waals surface area contributed by atoms with E-state index in [1.807, 2.05) is 55.5 Å². The van der Waals surface area contributed by atoms with Crippen molar-refractivity contribution in [1.29, 1.82) is 0 Å². The second-order valence-corrected chi connectivity index (χ2v) is 7.23. The summed E-state index contributed by atoms with van der Waals surface area (Å²) in [7, 11) is 0. The number of fused-ring (bicyclic) bond motifs is 1. The lowest BCUT2D eigenvalue weighted by atomic mass is 10.00. The van der Waals surface area contributed by atoms with Gasteiger partial charge < -0.3 is 19.2 Å². The SMILES string of the molecule is Cc1oc2ccc(OCc3ccccc3)cc2c1C(=O)NCC1CCOCC1. The van der Waals surface area contributed by atoms with Crippen LogP contribution >= 0.6 is 0 Å². The summed E-state index contributed by atoms with van der Waals surface area (Å²) >= 11 is 0. The molecule has 1 aromatic heterocycles. The molecule has 0 saturated carbocycles. The minimum absolute atomic E-state index is 0.0945. The van der Waals surface area contributed by atoms with E-state index >= 15 is 0 Å². The number of amides is 1. The lowest BCUT2D eigenvalue weighted by molar-refractivity contribution is 0.0642. The fourth-order valence-corrected chi connectivity index (χ4v) is 3.59. The molecule has 1 amide bonds. The fourth-order valence-electron chi connectivity index (χ4n) is 3.59. The summed E-state index contributed by atoms with van der Waals surface area (Å²) in [5.74, 6) is 1.72. The Hall–Kier alpha value is -2.79. The maximum Gasteiger partial charge on any atom is 0.255 e. The van der Waals surface area contributed by atoms with Crippen LogP contribution in [0.3, 0.4) is 0 Å². The maximum absolute atomic E-state index is 12.8. The van der Waals surface area contributed by atoms with Crippen LogP contribution in [-0.2, 0) is 11.3 Å². The molecule has 0 atom stereocenters. The van der Waals surface area contributed by atoms with Gasteiger partial charge >= 0.3 is 0 Å². The van der Waals surface area contributed by atoms with E-state index in [9.17, 15) is 4.79 Å². The molecule has 0 unspecified atom stereocenters. The number of nitrogens with one attached hydrogen (secondary N) is 1. The summed E-state index contributed by atoms with van der Waals surface area (Å²) in [6.07, 6.45) is 1.98. The summed E-state index contributed by atoms with van der Waals surface area (Å²) in [5, 5.41) is 3.85. The molecule has 5 heteroatoms. The second-order valence-electron chi connectivity index (χ2n) is 7.23. The number of benzene rings is 2. The van der Waals surface area contributed by atoms with E-state index in [4.69, 9.17) is 13.9 Å². The number of carbonyl (C=O) groups is 1. The largest absolute Gasteiger partial charge is 0.489 e. The van der Waals surface area contributed by atoms with Crippen molar-refractivity contribution in [3.05, 3.63) is 65.4 Å². The molecule has 5 nitrogen and oxygen atoms in total. The highest BCUT2D eigenvalue weighted by Gasteiger charge is 2.21. The highest BCUT2D eigenvalue weighted by molar-refractivity contribution is 6.07. The molecule has 1 fully saturated rings. The van der Waals surface area contributed by atoms with E-state index in [1.165, 1.54) is 0 Å². The second kappa shape index (κ2) is 8.48. The first-order chi connectivity index (χ1) is 13.7. The summed E-state index contributed by atoms with van der Waals surface area (Å²) in [4.78, 5) is 12.8. The van der Waals surface area contributed by atoms with Gasteiger partial charge in [-0.15, -0.1) is 0 Å². The molecule has 0 spiro atoms. The zero-order valence-corrected chi connectivity index (χ0v) is 16.1. The molecule has 1 aliphatic heterocycles. The first-order valence-electron chi connectivity index (χ1n) is 9.76. The Labute approximate surface area is 164 Å². The Balaban J connectivity index is 1.49. The summed E-state index contributed by atoms with van der Waals surface area (Å²) in [5.41, 5.74) is 2.38. The van der Waals surface area contributed by atoms with Crippen LogP contribution in [0.25, 0.3) is 11.0 Å². The summed E-state index contributed by atoms with van der Waals surface area (Å²) in [6, 6.07) is 15.6. The number of aryl methyl sites for hydroxylation is 1. The third kappa shape index (κ3) is 4.20. The van der Waals surface area contributed by atoms with Gasteiger partial charge in [0.1, 0.15) is 23.7 Å². The smallest absolute Gasteiger partial charge is 0.255 e. The minimum Gasteiger partial charge on any atom is -0.489 e. The molecular weight excluding hydrogens is 354 g/mol. The number of hydrogen-bond acceptors (Lipinski definition) is 4. The molecule has 4 rings (SSSR count). The van der Waals surface area contributed by atoms with E-state index in [-0.39, 0.29) is 5.91 Å². The van der Waals surface area contributed by atoms with Gasteiger partial charge in [0.05, 0.1) is 5.56 Å². The van der Waals surface area contributed by atoms with E-state index in [0.717, 1.165) is 42.8 Å². The van der Waals surface area contributed by atoms with E-state index in [1.54, 1.807) is 0 Å². The van der Waals surface area contributed by atoms with Crippen LogP contribution in [0.15, 0.2) is 52.9 Å². The molecule has 1 saturated heterocycles. The van der Waals surface area contributed by atoms with Gasteiger partial charge in [0.2, 0.25) is 0 Å². The van der Waals surface area contributed by atoms with Gasteiger partial charge in [-0.2, -0.15) is 0 Å². The maximum atomic E-state index is 12.8. The molecule has 28 heavy (non-hydrogen) atoms. The third-order valence-corrected chi connectivity index (χ3v) is 5.20. The molecular formula is C23H25NO4. The van der Waals surface area contributed by atoms with Crippen LogP contribution < -0.4 is 10.1 Å². The van der Waals surface area contributed by atoms with Crippen molar-refractivity contribution >= 4 is 16.9 Å². The average molecular weight is 379 g/mol. The van der Waals surface area contributed by atoms with Gasteiger partial charge in [-0.25, -0.2) is 0 Å². The molecule has 1 N–H and O–H groups in total. The van der Waals surface area contributed by atoms with Crippen LogP contribution in [0, 0.1) is 12.8 Å². The van der Waals surface area contributed by atoms with Crippen molar-refractivity contribution in [2.75, 3.05) is 19.8 Å². The van der Waals surface area contributed by atoms with E-state index < -0.39 is 0 Å². The Morgan fingerprint density at radius 1 is 1.14 bits per heavy atom. The molecule has 0 aliphatic carbocycles. The molecule has 3 aromatic rings. The van der Waals surface area contributed by atoms with Crippen LogP contribution in [0.5, 0.6) is 5.75 Å². The van der Waals surface area contributed by atoms with Crippen molar-refractivity contribution < 1.29 is 18.7 Å². The quantitative estimate of drug-likeness (QED) is 0.686. The zero-order valence-electron chi connectivity index (χ0n) is 16.1. The first-order valence-corrected chi connectivity index (χ1v) is 9.76. The number of furan rings is 1. The van der Waals surface area contributed by atoms with Crippen molar-refractivity contribution in [1.82, 2.24) is 5.32 Å². The minimum atomic E-state index is -0.0945. The molecule has 2 aromatic carbocycles. The topological polar surface area (TPSA) is 60.7 Å². The Bertz CT molecular complexity index is 942. The zero-order chi connectivity index (χ0) is 19.3. The molecule has 0 radical (unpaired) electrons. The number of carbonyl (C=O) groups excluding carboxylic acids is 1. The lowest BCUT2D eigenvalue weighted by Gasteiger charge is -2.22. The van der Waals surface area contributed by atoms with Gasteiger partial charge in [0.25, 0.3) is 5.91 Å². The van der Waals surface area contributed by atoms with E-state index in [2.05, 4.69) is 5.32 Å². The van der Waals surface area contributed by atoms with Gasteiger partial charge in [-0.3, -0.25) is 4.79 Å². The van der Waals surface area contributed by atoms with Crippen molar-refractivity contribution in [2.24, 2.45) is 5.92 Å². The molecule has 2 heterocycles. The monoisotopic (exact) mass is 379 g/mol. The highest BCUT2D eigenvalue weighted by atomic mass is 16.5. The third-order valence-electron chi connectivity index (χ3n) is 5.20. The van der Waals surface area contributed by atoms with Crippen LogP contribution in [-0.4, -0.2) is 25.7 Å². The number of hydrogen-bond donors (Lipinski definition) is 1. The fraction of sp³-hybridized carbons (Fsp3) is 0.348. The van der Waals surface area contributed by atoms with Gasteiger partial charge in [0, 0.05) is 25.1 Å². The van der Waals surface area contributed by atoms with Gasteiger partial charge in [-0.05, 0) is 49.4 Å².